The molecule has 3 heterocycles. The third-order valence-electron chi connectivity index (χ3n) is 6.03. The average molecular weight is 438 g/mol. The first-order valence-electron chi connectivity index (χ1n) is 10.4. The van der Waals surface area contributed by atoms with E-state index in [0.29, 0.717) is 51.9 Å². The van der Waals surface area contributed by atoms with Crippen LogP contribution >= 0.6 is 0 Å². The predicted octanol–water partition coefficient (Wildman–Crippen LogP) is 4.17. The number of anilines is 2. The van der Waals surface area contributed by atoms with Crippen LogP contribution in [0.5, 0.6) is 0 Å². The van der Waals surface area contributed by atoms with Crippen molar-refractivity contribution in [3.05, 3.63) is 53.7 Å². The fourth-order valence-electron chi connectivity index (χ4n) is 4.63. The second-order valence-corrected chi connectivity index (χ2v) is 8.53. The van der Waals surface area contributed by atoms with Crippen LogP contribution in [-0.4, -0.2) is 38.1 Å². The van der Waals surface area contributed by atoms with E-state index in [9.17, 15) is 9.50 Å². The van der Waals surface area contributed by atoms with Crippen molar-refractivity contribution in [3.8, 4) is 16.8 Å². The molecule has 3 N–H and O–H groups in total. The van der Waals surface area contributed by atoms with Crippen molar-refractivity contribution >= 4 is 22.3 Å². The van der Waals surface area contributed by atoms with Crippen molar-refractivity contribution in [3.63, 3.8) is 0 Å². The summed E-state index contributed by atoms with van der Waals surface area (Å²) >= 11 is 0. The maximum Gasteiger partial charge on any atom is 0.162 e. The number of aliphatic hydroxyl groups excluding tert-OH is 1. The number of aliphatic hydroxyl groups is 1. The molecule has 32 heavy (non-hydrogen) atoms. The van der Waals surface area contributed by atoms with Crippen LogP contribution in [0.4, 0.5) is 20.2 Å². The lowest BCUT2D eigenvalue weighted by Gasteiger charge is -2.35. The van der Waals surface area contributed by atoms with Crippen molar-refractivity contribution in [2.75, 3.05) is 24.3 Å². The number of hydrogen-bond donors (Lipinski definition) is 3. The van der Waals surface area contributed by atoms with E-state index in [1.54, 1.807) is 17.8 Å². The van der Waals surface area contributed by atoms with Gasteiger partial charge in [-0.25, -0.2) is 8.78 Å². The van der Waals surface area contributed by atoms with E-state index in [1.165, 1.54) is 18.2 Å². The molecule has 0 atom stereocenters. The number of nitrogens with one attached hydrogen (secondary N) is 2. The summed E-state index contributed by atoms with van der Waals surface area (Å²) < 4.78 is 33.9. The number of rotatable bonds is 4. The summed E-state index contributed by atoms with van der Waals surface area (Å²) in [5, 5.41) is 25.1. The molecular weight excluding hydrogens is 414 g/mol. The Morgan fingerprint density at radius 3 is 2.66 bits per heavy atom. The van der Waals surface area contributed by atoms with Gasteiger partial charge in [0.2, 0.25) is 0 Å². The van der Waals surface area contributed by atoms with Crippen LogP contribution in [0.15, 0.2) is 30.5 Å². The first-order valence-corrected chi connectivity index (χ1v) is 10.4. The summed E-state index contributed by atoms with van der Waals surface area (Å²) in [4.78, 5) is 0. The molecule has 7 nitrogen and oxygen atoms in total. The maximum absolute atomic E-state index is 15.6. The van der Waals surface area contributed by atoms with Gasteiger partial charge in [-0.3, -0.25) is 4.57 Å². The standard InChI is InChI=1S/C23H24F2N6O/c1-12-28-29-22-23(2,3)27-20-17(25)11-16(19(26-4)21(20)31(12)22)15-9-13(24)10-18-14(15)5-6-30(18)7-8-32/h5-6,9-11,26-27,32H,7-8H2,1-4H3. The van der Waals surface area contributed by atoms with Gasteiger partial charge in [0.15, 0.2) is 5.82 Å². The Bertz CT molecular complexity index is 1370. The fourth-order valence-corrected chi connectivity index (χ4v) is 4.63. The highest BCUT2D eigenvalue weighted by atomic mass is 19.1. The molecule has 0 amide bonds. The largest absolute Gasteiger partial charge is 0.395 e. The Labute approximate surface area is 183 Å². The number of aromatic nitrogens is 4. The summed E-state index contributed by atoms with van der Waals surface area (Å²) in [6.07, 6.45) is 1.80. The summed E-state index contributed by atoms with van der Waals surface area (Å²) in [6.45, 7) is 5.93. The minimum atomic E-state index is -0.630. The van der Waals surface area contributed by atoms with Crippen molar-refractivity contribution in [1.82, 2.24) is 19.3 Å². The van der Waals surface area contributed by atoms with E-state index in [-0.39, 0.29) is 6.61 Å². The van der Waals surface area contributed by atoms with Crippen LogP contribution in [0, 0.1) is 18.6 Å². The topological polar surface area (TPSA) is 79.9 Å². The quantitative estimate of drug-likeness (QED) is 0.446. The van der Waals surface area contributed by atoms with Gasteiger partial charge < -0.3 is 20.3 Å². The molecule has 0 aliphatic carbocycles. The molecule has 2 aromatic carbocycles. The van der Waals surface area contributed by atoms with Crippen LogP contribution in [-0.2, 0) is 12.1 Å². The summed E-state index contributed by atoms with van der Waals surface area (Å²) in [6, 6.07) is 6.12. The van der Waals surface area contributed by atoms with Crippen molar-refractivity contribution in [2.24, 2.45) is 0 Å². The van der Waals surface area contributed by atoms with Crippen molar-refractivity contribution < 1.29 is 13.9 Å². The van der Waals surface area contributed by atoms with E-state index in [1.807, 2.05) is 31.4 Å². The number of benzene rings is 2. The van der Waals surface area contributed by atoms with E-state index in [4.69, 9.17) is 0 Å². The van der Waals surface area contributed by atoms with Gasteiger partial charge in [-0.2, -0.15) is 0 Å². The van der Waals surface area contributed by atoms with Gasteiger partial charge in [0.25, 0.3) is 0 Å². The Kier molecular flexibility index (Phi) is 4.49. The first kappa shape index (κ1) is 20.4. The van der Waals surface area contributed by atoms with Gasteiger partial charge in [-0.05, 0) is 50.6 Å². The van der Waals surface area contributed by atoms with Gasteiger partial charge in [0, 0.05) is 30.7 Å². The van der Waals surface area contributed by atoms with Crippen LogP contribution < -0.4 is 10.6 Å². The monoisotopic (exact) mass is 438 g/mol. The summed E-state index contributed by atoms with van der Waals surface area (Å²) in [7, 11) is 1.75. The van der Waals surface area contributed by atoms with Gasteiger partial charge in [-0.15, -0.1) is 10.2 Å². The molecule has 0 unspecified atom stereocenters. The SMILES string of the molecule is CNc1c(-c2cc(F)cc3c2ccn3CCO)cc(F)c2c1-n1c(C)nnc1C(C)(C)N2. The normalized spacial score (nSPS) is 14.2. The van der Waals surface area contributed by atoms with Crippen molar-refractivity contribution in [2.45, 2.75) is 32.9 Å². The van der Waals surface area contributed by atoms with Crippen LogP contribution in [0.3, 0.4) is 0 Å². The molecule has 0 saturated heterocycles. The predicted molar refractivity (Wildman–Crippen MR) is 120 cm³/mol. The lowest BCUT2D eigenvalue weighted by atomic mass is 9.94. The van der Waals surface area contributed by atoms with E-state index >= 15 is 4.39 Å². The Morgan fingerprint density at radius 2 is 1.94 bits per heavy atom. The molecule has 9 heteroatoms. The second kappa shape index (κ2) is 7.03. The molecule has 1 aliphatic heterocycles. The number of hydrogen-bond acceptors (Lipinski definition) is 5. The minimum absolute atomic E-state index is 0.0675. The highest BCUT2D eigenvalue weighted by Crippen LogP contribution is 2.47. The molecule has 0 radical (unpaired) electrons. The number of halogens is 2. The molecule has 4 aromatic rings. The van der Waals surface area contributed by atoms with Crippen LogP contribution in [0.25, 0.3) is 27.7 Å². The molecule has 0 saturated carbocycles. The third kappa shape index (κ3) is 2.81. The lowest BCUT2D eigenvalue weighted by Crippen LogP contribution is -2.36. The molecule has 5 rings (SSSR count). The Hall–Kier alpha value is -3.46. The molecule has 166 valence electrons. The van der Waals surface area contributed by atoms with Gasteiger partial charge >= 0.3 is 0 Å². The highest BCUT2D eigenvalue weighted by Gasteiger charge is 2.37. The zero-order valence-corrected chi connectivity index (χ0v) is 18.3. The summed E-state index contributed by atoms with van der Waals surface area (Å²) in [5.41, 5.74) is 2.62. The Morgan fingerprint density at radius 1 is 1.16 bits per heavy atom. The Balaban J connectivity index is 1.85. The van der Waals surface area contributed by atoms with Crippen molar-refractivity contribution in [1.29, 1.82) is 0 Å². The highest BCUT2D eigenvalue weighted by molar-refractivity contribution is 6.02. The minimum Gasteiger partial charge on any atom is -0.395 e. The van der Waals surface area contributed by atoms with Gasteiger partial charge in [0.05, 0.1) is 34.7 Å². The van der Waals surface area contributed by atoms with Crippen LogP contribution in [0.1, 0.15) is 25.5 Å². The smallest absolute Gasteiger partial charge is 0.162 e. The number of aryl methyl sites for hydroxylation is 1. The number of nitrogens with zero attached hydrogens (tertiary/aromatic N) is 4. The molecule has 0 bridgehead atoms. The third-order valence-corrected chi connectivity index (χ3v) is 6.03. The average Bonchev–Trinajstić information content (AvgIpc) is 3.33. The van der Waals surface area contributed by atoms with Gasteiger partial charge in [0.1, 0.15) is 17.5 Å². The van der Waals surface area contributed by atoms with Gasteiger partial charge in [-0.1, -0.05) is 0 Å². The van der Waals surface area contributed by atoms with E-state index < -0.39 is 17.2 Å². The van der Waals surface area contributed by atoms with Crippen LogP contribution in [0.2, 0.25) is 0 Å². The summed E-state index contributed by atoms with van der Waals surface area (Å²) in [5.74, 6) is 0.399. The second-order valence-electron chi connectivity index (χ2n) is 8.53. The molecule has 1 aliphatic rings. The number of fused-ring (bicyclic) bond motifs is 4. The molecular formula is C23H24F2N6O. The zero-order chi connectivity index (χ0) is 22.8. The lowest BCUT2D eigenvalue weighted by molar-refractivity contribution is 0.278. The molecule has 0 fully saturated rings. The maximum atomic E-state index is 15.6. The first-order chi connectivity index (χ1) is 15.3. The van der Waals surface area contributed by atoms with E-state index in [2.05, 4.69) is 20.8 Å². The molecule has 0 spiro atoms. The zero-order valence-electron chi connectivity index (χ0n) is 18.3. The molecule has 2 aromatic heterocycles. The van der Waals surface area contributed by atoms with E-state index in [0.717, 1.165) is 5.39 Å². The fraction of sp³-hybridized carbons (Fsp3) is 0.304.